The van der Waals surface area contributed by atoms with Crippen LogP contribution in [0.2, 0.25) is 0 Å². The van der Waals surface area contributed by atoms with E-state index in [-0.39, 0.29) is 0 Å². The minimum atomic E-state index is -0.946. The molecule has 0 amide bonds. The van der Waals surface area contributed by atoms with Gasteiger partial charge in [0.2, 0.25) is 0 Å². The molecule has 0 radical (unpaired) electrons. The van der Waals surface area contributed by atoms with Gasteiger partial charge in [-0.25, -0.2) is 4.79 Å². The van der Waals surface area contributed by atoms with Crippen LogP contribution in [0.25, 0.3) is 17.2 Å². The Morgan fingerprint density at radius 1 is 0.844 bits per heavy atom. The minimum absolute atomic E-state index is 0.534. The predicted molar refractivity (Wildman–Crippen MR) is 135 cm³/mol. The van der Waals surface area contributed by atoms with Crippen LogP contribution in [-0.4, -0.2) is 11.1 Å². The standard InChI is InChI=1S/C27H25NO2.C2H6/c28-24-16-14-23(15-17-24)27(22-12-9-19(10-13-22)11-18-25(29)30)26(21-7-4-8-21)20-5-2-1-3-6-20;1-2/h1-3,5-6,9-18,21H,4,7-8,28H2,(H,29,30);1-2H3/b18-11+,27-26-;. The Labute approximate surface area is 190 Å². The number of benzene rings is 3. The molecule has 0 aliphatic heterocycles. The lowest BCUT2D eigenvalue weighted by atomic mass is 9.73. The molecule has 3 N–H and O–H groups in total. The Kier molecular flexibility index (Phi) is 8.04. The summed E-state index contributed by atoms with van der Waals surface area (Å²) in [5.41, 5.74) is 13.7. The van der Waals surface area contributed by atoms with Crippen molar-refractivity contribution in [1.29, 1.82) is 0 Å². The molecule has 0 bridgehead atoms. The van der Waals surface area contributed by atoms with Crippen LogP contribution in [0.4, 0.5) is 5.69 Å². The van der Waals surface area contributed by atoms with E-state index in [1.54, 1.807) is 6.08 Å². The highest BCUT2D eigenvalue weighted by Gasteiger charge is 2.27. The second-order valence-corrected chi connectivity index (χ2v) is 7.70. The number of hydrogen-bond acceptors (Lipinski definition) is 2. The first-order valence-electron chi connectivity index (χ1n) is 11.3. The zero-order chi connectivity index (χ0) is 22.9. The van der Waals surface area contributed by atoms with Gasteiger partial charge in [0.05, 0.1) is 0 Å². The summed E-state index contributed by atoms with van der Waals surface area (Å²) < 4.78 is 0. The van der Waals surface area contributed by atoms with E-state index in [2.05, 4.69) is 48.5 Å². The Morgan fingerprint density at radius 2 is 1.41 bits per heavy atom. The molecule has 0 unspecified atom stereocenters. The van der Waals surface area contributed by atoms with Gasteiger partial charge in [-0.2, -0.15) is 0 Å². The van der Waals surface area contributed by atoms with Crippen molar-refractivity contribution in [2.24, 2.45) is 5.92 Å². The maximum atomic E-state index is 10.8. The lowest BCUT2D eigenvalue weighted by Gasteiger charge is -2.31. The van der Waals surface area contributed by atoms with Gasteiger partial charge in [0.25, 0.3) is 0 Å². The van der Waals surface area contributed by atoms with Gasteiger partial charge in [-0.05, 0) is 70.4 Å². The quantitative estimate of drug-likeness (QED) is 0.250. The smallest absolute Gasteiger partial charge is 0.328 e. The Balaban J connectivity index is 0.00000141. The van der Waals surface area contributed by atoms with E-state index in [1.165, 1.54) is 36.0 Å². The minimum Gasteiger partial charge on any atom is -0.478 e. The molecule has 1 fully saturated rings. The van der Waals surface area contributed by atoms with E-state index >= 15 is 0 Å². The van der Waals surface area contributed by atoms with Crippen LogP contribution in [0.15, 0.2) is 84.9 Å². The van der Waals surface area contributed by atoms with E-state index < -0.39 is 5.97 Å². The Bertz CT molecular complexity index is 1070. The third-order valence-electron chi connectivity index (χ3n) is 5.68. The lowest BCUT2D eigenvalue weighted by molar-refractivity contribution is -0.131. The van der Waals surface area contributed by atoms with Gasteiger partial charge in [-0.1, -0.05) is 87.0 Å². The molecule has 3 aromatic rings. The molecule has 164 valence electrons. The first-order valence-corrected chi connectivity index (χ1v) is 11.3. The first kappa shape index (κ1) is 23.1. The van der Waals surface area contributed by atoms with Crippen molar-refractivity contribution in [3.8, 4) is 0 Å². The average Bonchev–Trinajstić information content (AvgIpc) is 2.80. The molecule has 1 aliphatic rings. The molecule has 3 aromatic carbocycles. The molecule has 32 heavy (non-hydrogen) atoms. The number of allylic oxidation sites excluding steroid dienone is 1. The fourth-order valence-electron chi connectivity index (χ4n) is 3.95. The fourth-order valence-corrected chi connectivity index (χ4v) is 3.95. The van der Waals surface area contributed by atoms with Gasteiger partial charge in [-0.3, -0.25) is 0 Å². The molecular weight excluding hydrogens is 394 g/mol. The van der Waals surface area contributed by atoms with E-state index in [0.717, 1.165) is 28.5 Å². The van der Waals surface area contributed by atoms with Gasteiger partial charge < -0.3 is 10.8 Å². The highest BCUT2D eigenvalue weighted by atomic mass is 16.4. The SMILES string of the molecule is CC.Nc1ccc(/C(=C(/c2ccccc2)C2CCC2)c2ccc(/C=C/C(=O)O)cc2)cc1. The van der Waals surface area contributed by atoms with E-state index in [4.69, 9.17) is 10.8 Å². The maximum absolute atomic E-state index is 10.8. The number of carbonyl (C=O) groups is 1. The summed E-state index contributed by atoms with van der Waals surface area (Å²) in [4.78, 5) is 10.8. The van der Waals surface area contributed by atoms with Crippen LogP contribution >= 0.6 is 0 Å². The third kappa shape index (κ3) is 5.55. The van der Waals surface area contributed by atoms with Gasteiger partial charge in [0, 0.05) is 11.8 Å². The number of carboxylic acids is 1. The Morgan fingerprint density at radius 3 is 1.91 bits per heavy atom. The number of carboxylic acid groups (broad SMARTS) is 1. The van der Waals surface area contributed by atoms with Crippen molar-refractivity contribution in [1.82, 2.24) is 0 Å². The van der Waals surface area contributed by atoms with Crippen LogP contribution in [0.3, 0.4) is 0 Å². The van der Waals surface area contributed by atoms with Crippen molar-refractivity contribution < 1.29 is 9.90 Å². The fraction of sp³-hybridized carbons (Fsp3) is 0.207. The number of aliphatic carboxylic acids is 1. The van der Waals surface area contributed by atoms with Gasteiger partial charge in [0.1, 0.15) is 0 Å². The molecule has 1 aliphatic carbocycles. The highest BCUT2D eigenvalue weighted by molar-refractivity contribution is 5.99. The average molecular weight is 426 g/mol. The largest absolute Gasteiger partial charge is 0.478 e. The van der Waals surface area contributed by atoms with Gasteiger partial charge >= 0.3 is 5.97 Å². The molecular formula is C29H31NO2. The van der Waals surface area contributed by atoms with Crippen molar-refractivity contribution >= 4 is 28.9 Å². The Hall–Kier alpha value is -3.59. The second-order valence-electron chi connectivity index (χ2n) is 7.70. The van der Waals surface area contributed by atoms with Crippen molar-refractivity contribution in [3.05, 3.63) is 107 Å². The monoisotopic (exact) mass is 425 g/mol. The maximum Gasteiger partial charge on any atom is 0.328 e. The van der Waals surface area contributed by atoms with E-state index in [0.29, 0.717) is 5.92 Å². The number of nitrogen functional groups attached to an aromatic ring is 1. The number of hydrogen-bond donors (Lipinski definition) is 2. The summed E-state index contributed by atoms with van der Waals surface area (Å²) in [6.45, 7) is 4.00. The van der Waals surface area contributed by atoms with E-state index in [9.17, 15) is 4.79 Å². The molecule has 3 nitrogen and oxygen atoms in total. The van der Waals surface area contributed by atoms with Gasteiger partial charge in [-0.15, -0.1) is 0 Å². The topological polar surface area (TPSA) is 63.3 Å². The van der Waals surface area contributed by atoms with Crippen molar-refractivity contribution in [2.75, 3.05) is 5.73 Å². The third-order valence-corrected chi connectivity index (χ3v) is 5.68. The molecule has 0 atom stereocenters. The van der Waals surface area contributed by atoms with Crippen LogP contribution in [0.1, 0.15) is 55.4 Å². The zero-order valence-corrected chi connectivity index (χ0v) is 18.8. The van der Waals surface area contributed by atoms with E-state index in [1.807, 2.05) is 44.2 Å². The number of anilines is 1. The lowest BCUT2D eigenvalue weighted by Crippen LogP contribution is -2.15. The molecule has 1 saturated carbocycles. The molecule has 0 aromatic heterocycles. The van der Waals surface area contributed by atoms with Crippen LogP contribution < -0.4 is 5.73 Å². The summed E-state index contributed by atoms with van der Waals surface area (Å²) in [6, 6.07) is 26.8. The molecule has 3 heteroatoms. The number of rotatable bonds is 6. The zero-order valence-electron chi connectivity index (χ0n) is 18.8. The normalized spacial score (nSPS) is 14.2. The summed E-state index contributed by atoms with van der Waals surface area (Å²) in [5.74, 6) is -0.413. The molecule has 0 saturated heterocycles. The summed E-state index contributed by atoms with van der Waals surface area (Å²) in [7, 11) is 0. The molecule has 0 spiro atoms. The van der Waals surface area contributed by atoms with Gasteiger partial charge in [0.15, 0.2) is 0 Å². The second kappa shape index (κ2) is 11.1. The summed E-state index contributed by atoms with van der Waals surface area (Å²) >= 11 is 0. The highest BCUT2D eigenvalue weighted by Crippen LogP contribution is 2.45. The van der Waals surface area contributed by atoms with Crippen LogP contribution in [-0.2, 0) is 4.79 Å². The number of nitrogens with two attached hydrogens (primary N) is 1. The summed E-state index contributed by atoms with van der Waals surface area (Å²) in [5, 5.41) is 8.88. The van der Waals surface area contributed by atoms with Crippen LogP contribution in [0.5, 0.6) is 0 Å². The predicted octanol–water partition coefficient (Wildman–Crippen LogP) is 7.15. The van der Waals surface area contributed by atoms with Crippen LogP contribution in [0, 0.1) is 5.92 Å². The molecule has 4 rings (SSSR count). The van der Waals surface area contributed by atoms with Crippen molar-refractivity contribution in [2.45, 2.75) is 33.1 Å². The van der Waals surface area contributed by atoms with Crippen molar-refractivity contribution in [3.63, 3.8) is 0 Å². The first-order chi connectivity index (χ1) is 15.6. The molecule has 0 heterocycles. The summed E-state index contributed by atoms with van der Waals surface area (Å²) in [6.07, 6.45) is 6.43.